The third kappa shape index (κ3) is 3.23. The van der Waals surface area contributed by atoms with Gasteiger partial charge in [-0.1, -0.05) is 13.0 Å². The Morgan fingerprint density at radius 3 is 3.13 bits per heavy atom. The highest BCUT2D eigenvalue weighted by molar-refractivity contribution is 7.99. The van der Waals surface area contributed by atoms with Crippen molar-refractivity contribution in [3.05, 3.63) is 22.4 Å². The summed E-state index contributed by atoms with van der Waals surface area (Å²) in [5.41, 5.74) is 0. The van der Waals surface area contributed by atoms with Crippen LogP contribution in [0, 0.1) is 5.92 Å². The molecule has 2 unspecified atom stereocenters. The van der Waals surface area contributed by atoms with E-state index >= 15 is 0 Å². The van der Waals surface area contributed by atoms with E-state index in [1.165, 1.54) is 24.3 Å². The minimum atomic E-state index is 0.764. The van der Waals surface area contributed by atoms with Gasteiger partial charge in [-0.25, -0.2) is 0 Å². The Labute approximate surface area is 101 Å². The number of rotatable bonds is 5. The zero-order valence-corrected chi connectivity index (χ0v) is 10.9. The van der Waals surface area contributed by atoms with Crippen LogP contribution in [0.3, 0.4) is 0 Å². The van der Waals surface area contributed by atoms with E-state index in [-0.39, 0.29) is 0 Å². The Kier molecular flexibility index (Phi) is 4.54. The molecule has 0 aromatic carbocycles. The van der Waals surface area contributed by atoms with Crippen molar-refractivity contribution in [3.63, 3.8) is 0 Å². The number of thioether (sulfide) groups is 1. The van der Waals surface area contributed by atoms with E-state index in [9.17, 15) is 0 Å². The monoisotopic (exact) mass is 241 g/mol. The Balaban J connectivity index is 1.78. The Morgan fingerprint density at radius 2 is 2.40 bits per heavy atom. The average molecular weight is 241 g/mol. The lowest BCUT2D eigenvalue weighted by molar-refractivity contribution is 0.413. The van der Waals surface area contributed by atoms with Gasteiger partial charge in [0.2, 0.25) is 0 Å². The van der Waals surface area contributed by atoms with Gasteiger partial charge in [0.25, 0.3) is 0 Å². The molecule has 1 N–H and O–H groups in total. The van der Waals surface area contributed by atoms with E-state index in [1.54, 1.807) is 4.88 Å². The van der Waals surface area contributed by atoms with Crippen molar-refractivity contribution < 1.29 is 0 Å². The SMILES string of the molecule is CCNC1CSCC1CCc1cccs1. The molecule has 1 aliphatic heterocycles. The van der Waals surface area contributed by atoms with Crippen LogP contribution in [-0.4, -0.2) is 24.1 Å². The van der Waals surface area contributed by atoms with Crippen molar-refractivity contribution in [2.45, 2.75) is 25.8 Å². The van der Waals surface area contributed by atoms with E-state index in [0.717, 1.165) is 18.5 Å². The van der Waals surface area contributed by atoms with Crippen molar-refractivity contribution in [2.75, 3.05) is 18.1 Å². The standard InChI is InChI=1S/C12H19NS2/c1-2-13-12-9-14-8-10(12)5-6-11-4-3-7-15-11/h3-4,7,10,12-13H,2,5-6,8-9H2,1H3. The first-order chi connectivity index (χ1) is 7.40. The first-order valence-electron chi connectivity index (χ1n) is 5.73. The lowest BCUT2D eigenvalue weighted by atomic mass is 9.97. The maximum absolute atomic E-state index is 3.61. The van der Waals surface area contributed by atoms with Gasteiger partial charge >= 0.3 is 0 Å². The van der Waals surface area contributed by atoms with Gasteiger partial charge in [0.15, 0.2) is 0 Å². The number of nitrogens with one attached hydrogen (secondary N) is 1. The average Bonchev–Trinajstić information content (AvgIpc) is 2.85. The van der Waals surface area contributed by atoms with Gasteiger partial charge in [-0.05, 0) is 42.5 Å². The third-order valence-corrected chi connectivity index (χ3v) is 5.20. The second kappa shape index (κ2) is 5.92. The highest BCUT2D eigenvalue weighted by Gasteiger charge is 2.26. The van der Waals surface area contributed by atoms with Crippen LogP contribution < -0.4 is 5.32 Å². The molecule has 0 radical (unpaired) electrons. The molecule has 1 aromatic heterocycles. The summed E-state index contributed by atoms with van der Waals surface area (Å²) in [7, 11) is 0. The lowest BCUT2D eigenvalue weighted by Gasteiger charge is -2.18. The van der Waals surface area contributed by atoms with E-state index in [0.29, 0.717) is 0 Å². The van der Waals surface area contributed by atoms with Crippen molar-refractivity contribution >= 4 is 23.1 Å². The molecule has 1 fully saturated rings. The summed E-state index contributed by atoms with van der Waals surface area (Å²) in [6, 6.07) is 5.18. The molecule has 1 aromatic rings. The quantitative estimate of drug-likeness (QED) is 0.850. The molecule has 0 amide bonds. The van der Waals surface area contributed by atoms with Crippen molar-refractivity contribution in [1.82, 2.24) is 5.32 Å². The zero-order chi connectivity index (χ0) is 10.5. The second-order valence-electron chi connectivity index (χ2n) is 4.08. The van der Waals surface area contributed by atoms with Crippen LogP contribution in [0.4, 0.5) is 0 Å². The molecule has 0 saturated carbocycles. The largest absolute Gasteiger partial charge is 0.313 e. The molecular formula is C12H19NS2. The maximum atomic E-state index is 3.61. The van der Waals surface area contributed by atoms with Gasteiger partial charge in [0, 0.05) is 16.7 Å². The van der Waals surface area contributed by atoms with Gasteiger partial charge in [0.1, 0.15) is 0 Å². The Hall–Kier alpha value is 0.01000. The normalized spacial score (nSPS) is 25.9. The number of aryl methyl sites for hydroxylation is 1. The summed E-state index contributed by atoms with van der Waals surface area (Å²) in [6.45, 7) is 3.32. The summed E-state index contributed by atoms with van der Waals surface area (Å²) in [5, 5.41) is 5.79. The van der Waals surface area contributed by atoms with Gasteiger partial charge < -0.3 is 5.32 Å². The van der Waals surface area contributed by atoms with Crippen LogP contribution in [0.5, 0.6) is 0 Å². The van der Waals surface area contributed by atoms with Crippen molar-refractivity contribution in [2.24, 2.45) is 5.92 Å². The minimum absolute atomic E-state index is 0.764. The Morgan fingerprint density at radius 1 is 1.47 bits per heavy atom. The highest BCUT2D eigenvalue weighted by atomic mass is 32.2. The summed E-state index contributed by atoms with van der Waals surface area (Å²) >= 11 is 4.00. The number of hydrogen-bond acceptors (Lipinski definition) is 3. The van der Waals surface area contributed by atoms with Crippen LogP contribution in [0.25, 0.3) is 0 Å². The zero-order valence-electron chi connectivity index (χ0n) is 9.24. The van der Waals surface area contributed by atoms with E-state index in [2.05, 4.69) is 41.5 Å². The fourth-order valence-electron chi connectivity index (χ4n) is 2.15. The maximum Gasteiger partial charge on any atom is 0.0194 e. The van der Waals surface area contributed by atoms with Crippen LogP contribution in [0.1, 0.15) is 18.2 Å². The molecule has 15 heavy (non-hydrogen) atoms. The minimum Gasteiger partial charge on any atom is -0.313 e. The van der Waals surface area contributed by atoms with E-state index in [4.69, 9.17) is 0 Å². The van der Waals surface area contributed by atoms with Crippen LogP contribution in [0.2, 0.25) is 0 Å². The molecule has 3 heteroatoms. The molecule has 2 rings (SSSR count). The lowest BCUT2D eigenvalue weighted by Crippen LogP contribution is -2.35. The molecule has 1 saturated heterocycles. The molecule has 1 nitrogen and oxygen atoms in total. The highest BCUT2D eigenvalue weighted by Crippen LogP contribution is 2.28. The van der Waals surface area contributed by atoms with E-state index in [1.807, 2.05) is 11.3 Å². The Bertz CT molecular complexity index is 271. The predicted molar refractivity (Wildman–Crippen MR) is 70.9 cm³/mol. The molecule has 0 bridgehead atoms. The van der Waals surface area contributed by atoms with Crippen LogP contribution in [0.15, 0.2) is 17.5 Å². The van der Waals surface area contributed by atoms with Gasteiger partial charge in [-0.2, -0.15) is 11.8 Å². The molecule has 0 aliphatic carbocycles. The topological polar surface area (TPSA) is 12.0 Å². The first-order valence-corrected chi connectivity index (χ1v) is 7.77. The predicted octanol–water partition coefficient (Wildman–Crippen LogP) is 3.02. The first kappa shape index (κ1) is 11.5. The molecular weight excluding hydrogens is 222 g/mol. The molecule has 84 valence electrons. The second-order valence-corrected chi connectivity index (χ2v) is 6.19. The molecule has 0 spiro atoms. The third-order valence-electron chi connectivity index (χ3n) is 3.01. The number of hydrogen-bond donors (Lipinski definition) is 1. The summed E-state index contributed by atoms with van der Waals surface area (Å²) in [5.74, 6) is 3.54. The smallest absolute Gasteiger partial charge is 0.0194 e. The fraction of sp³-hybridized carbons (Fsp3) is 0.667. The van der Waals surface area contributed by atoms with Crippen molar-refractivity contribution in [3.8, 4) is 0 Å². The summed E-state index contributed by atoms with van der Waals surface area (Å²) in [4.78, 5) is 1.54. The van der Waals surface area contributed by atoms with Crippen LogP contribution >= 0.6 is 23.1 Å². The summed E-state index contributed by atoms with van der Waals surface area (Å²) < 4.78 is 0. The van der Waals surface area contributed by atoms with Crippen LogP contribution in [-0.2, 0) is 6.42 Å². The fourth-order valence-corrected chi connectivity index (χ4v) is 4.36. The molecule has 2 heterocycles. The summed E-state index contributed by atoms with van der Waals surface area (Å²) in [6.07, 6.45) is 2.62. The van der Waals surface area contributed by atoms with Gasteiger partial charge in [0.05, 0.1) is 0 Å². The molecule has 1 aliphatic rings. The van der Waals surface area contributed by atoms with Gasteiger partial charge in [-0.3, -0.25) is 0 Å². The molecule has 2 atom stereocenters. The van der Waals surface area contributed by atoms with E-state index < -0.39 is 0 Å². The van der Waals surface area contributed by atoms with Crippen molar-refractivity contribution in [1.29, 1.82) is 0 Å². The number of thiophene rings is 1. The van der Waals surface area contributed by atoms with Gasteiger partial charge in [-0.15, -0.1) is 11.3 Å².